The van der Waals surface area contributed by atoms with E-state index in [1.807, 2.05) is 44.4 Å². The van der Waals surface area contributed by atoms with Crippen LogP contribution >= 0.6 is 15.9 Å². The fraction of sp³-hybridized carbons (Fsp3) is 0.412. The van der Waals surface area contributed by atoms with Gasteiger partial charge in [-0.1, -0.05) is 30.3 Å². The van der Waals surface area contributed by atoms with Gasteiger partial charge >= 0.3 is 5.97 Å². The number of esters is 1. The van der Waals surface area contributed by atoms with Crippen molar-refractivity contribution in [1.29, 1.82) is 0 Å². The summed E-state index contributed by atoms with van der Waals surface area (Å²) in [7, 11) is 3.63. The van der Waals surface area contributed by atoms with Crippen LogP contribution in [0.1, 0.15) is 19.4 Å². The third-order valence-electron chi connectivity index (χ3n) is 3.22. The van der Waals surface area contributed by atoms with E-state index in [1.54, 1.807) is 24.9 Å². The highest BCUT2D eigenvalue weighted by Gasteiger charge is 2.43. The smallest absolute Gasteiger partial charge is 0.320 e. The minimum absolute atomic E-state index is 0.242. The SMILES string of the molecule is CCOC(=O)C(C)(Cc1ccccc1)C(=O)C(Br)=CN(C)C. The van der Waals surface area contributed by atoms with Gasteiger partial charge in [-0.2, -0.15) is 0 Å². The van der Waals surface area contributed by atoms with E-state index < -0.39 is 11.4 Å². The van der Waals surface area contributed by atoms with Crippen LogP contribution in [0.2, 0.25) is 0 Å². The third-order valence-corrected chi connectivity index (χ3v) is 3.78. The molecule has 1 unspecified atom stereocenters. The van der Waals surface area contributed by atoms with Gasteiger partial charge in [0.05, 0.1) is 11.1 Å². The molecular weight excluding hydrogens is 346 g/mol. The van der Waals surface area contributed by atoms with Crippen LogP contribution < -0.4 is 0 Å². The van der Waals surface area contributed by atoms with Crippen molar-refractivity contribution in [2.45, 2.75) is 20.3 Å². The number of ketones is 1. The van der Waals surface area contributed by atoms with E-state index in [0.717, 1.165) is 5.56 Å². The summed E-state index contributed by atoms with van der Waals surface area (Å²) in [4.78, 5) is 26.9. The lowest BCUT2D eigenvalue weighted by Crippen LogP contribution is -2.40. The Morgan fingerprint density at radius 3 is 2.36 bits per heavy atom. The highest BCUT2D eigenvalue weighted by Crippen LogP contribution is 2.31. The quantitative estimate of drug-likeness (QED) is 0.421. The van der Waals surface area contributed by atoms with Crippen LogP contribution in [0.25, 0.3) is 0 Å². The van der Waals surface area contributed by atoms with Crippen molar-refractivity contribution in [2.75, 3.05) is 20.7 Å². The van der Waals surface area contributed by atoms with Crippen LogP contribution in [0.3, 0.4) is 0 Å². The number of allylic oxidation sites excluding steroid dienone is 1. The average molecular weight is 368 g/mol. The van der Waals surface area contributed by atoms with Gasteiger partial charge in [-0.3, -0.25) is 9.59 Å². The summed E-state index contributed by atoms with van der Waals surface area (Å²) in [5.74, 6) is -0.795. The first-order valence-corrected chi connectivity index (χ1v) is 7.90. The molecule has 0 saturated heterocycles. The Kier molecular flexibility index (Phi) is 6.81. The summed E-state index contributed by atoms with van der Waals surface area (Å²) in [6.07, 6.45) is 1.94. The zero-order valence-electron chi connectivity index (χ0n) is 13.4. The molecule has 0 saturated carbocycles. The maximum absolute atomic E-state index is 12.8. The molecule has 0 aliphatic carbocycles. The number of carbonyl (C=O) groups excluding carboxylic acids is 2. The molecule has 0 radical (unpaired) electrons. The minimum Gasteiger partial charge on any atom is -0.465 e. The Morgan fingerprint density at radius 1 is 1.27 bits per heavy atom. The van der Waals surface area contributed by atoms with Gasteiger partial charge in [0.2, 0.25) is 0 Å². The molecule has 22 heavy (non-hydrogen) atoms. The normalized spacial score (nSPS) is 14.1. The van der Waals surface area contributed by atoms with Crippen LogP contribution in [0.4, 0.5) is 0 Å². The van der Waals surface area contributed by atoms with Crippen molar-refractivity contribution in [3.05, 3.63) is 46.6 Å². The number of carbonyl (C=O) groups is 2. The fourth-order valence-electron chi connectivity index (χ4n) is 2.09. The van der Waals surface area contributed by atoms with Crippen LogP contribution in [0.5, 0.6) is 0 Å². The van der Waals surface area contributed by atoms with Gasteiger partial charge in [0.25, 0.3) is 0 Å². The van der Waals surface area contributed by atoms with Gasteiger partial charge < -0.3 is 9.64 Å². The predicted octanol–water partition coefficient (Wildman–Crippen LogP) is 3.17. The van der Waals surface area contributed by atoms with Crippen molar-refractivity contribution < 1.29 is 14.3 Å². The molecule has 0 aliphatic rings. The van der Waals surface area contributed by atoms with Crippen LogP contribution in [0.15, 0.2) is 41.0 Å². The minimum atomic E-state index is -1.26. The van der Waals surface area contributed by atoms with E-state index >= 15 is 0 Å². The van der Waals surface area contributed by atoms with Crippen LogP contribution in [-0.2, 0) is 20.7 Å². The Labute approximate surface area is 140 Å². The second-order valence-electron chi connectivity index (χ2n) is 5.48. The molecule has 0 bridgehead atoms. The molecule has 0 fully saturated rings. The molecule has 0 aromatic heterocycles. The Bertz CT molecular complexity index is 554. The van der Waals surface area contributed by atoms with Gasteiger partial charge in [0, 0.05) is 20.3 Å². The summed E-state index contributed by atoms with van der Waals surface area (Å²) >= 11 is 3.27. The zero-order valence-corrected chi connectivity index (χ0v) is 15.0. The molecule has 1 atom stereocenters. The van der Waals surface area contributed by atoms with Gasteiger partial charge in [0.1, 0.15) is 5.41 Å². The summed E-state index contributed by atoms with van der Waals surface area (Å²) in [6, 6.07) is 9.46. The van der Waals surface area contributed by atoms with E-state index in [9.17, 15) is 9.59 Å². The Hall–Kier alpha value is -1.62. The van der Waals surface area contributed by atoms with E-state index in [4.69, 9.17) is 4.74 Å². The van der Waals surface area contributed by atoms with Gasteiger partial charge in [0.15, 0.2) is 5.78 Å². The lowest BCUT2D eigenvalue weighted by atomic mass is 9.79. The number of hydrogen-bond donors (Lipinski definition) is 0. The standard InChI is InChI=1S/C17H22BrNO3/c1-5-22-16(21)17(2,11-13-9-7-6-8-10-13)15(20)14(18)12-19(3)4/h6-10,12H,5,11H2,1-4H3. The Morgan fingerprint density at radius 2 is 1.86 bits per heavy atom. The van der Waals surface area contributed by atoms with E-state index in [-0.39, 0.29) is 12.4 Å². The van der Waals surface area contributed by atoms with Crippen molar-refractivity contribution in [1.82, 2.24) is 4.90 Å². The van der Waals surface area contributed by atoms with Crippen molar-refractivity contribution in [2.24, 2.45) is 5.41 Å². The predicted molar refractivity (Wildman–Crippen MR) is 90.6 cm³/mol. The number of rotatable bonds is 7. The van der Waals surface area contributed by atoms with Crippen molar-refractivity contribution in [3.63, 3.8) is 0 Å². The summed E-state index contributed by atoms with van der Waals surface area (Å²) in [5.41, 5.74) is -0.348. The number of nitrogens with zero attached hydrogens (tertiary/aromatic N) is 1. The van der Waals surface area contributed by atoms with Gasteiger partial charge in [-0.25, -0.2) is 0 Å². The van der Waals surface area contributed by atoms with Gasteiger partial charge in [-0.15, -0.1) is 0 Å². The second kappa shape index (κ2) is 8.13. The lowest BCUT2D eigenvalue weighted by Gasteiger charge is -2.26. The molecule has 1 aromatic carbocycles. The largest absolute Gasteiger partial charge is 0.465 e. The first kappa shape index (κ1) is 18.4. The molecule has 120 valence electrons. The van der Waals surface area contributed by atoms with Gasteiger partial charge in [-0.05, 0) is 41.8 Å². The summed E-state index contributed by atoms with van der Waals surface area (Å²) < 4.78 is 5.49. The molecule has 0 amide bonds. The lowest BCUT2D eigenvalue weighted by molar-refractivity contribution is -0.157. The maximum Gasteiger partial charge on any atom is 0.320 e. The first-order valence-electron chi connectivity index (χ1n) is 7.11. The second-order valence-corrected chi connectivity index (χ2v) is 6.34. The molecule has 1 aromatic rings. The highest BCUT2D eigenvalue weighted by molar-refractivity contribution is 9.12. The van der Waals surface area contributed by atoms with Crippen molar-refractivity contribution >= 4 is 27.7 Å². The topological polar surface area (TPSA) is 46.6 Å². The molecule has 0 aliphatic heterocycles. The number of ether oxygens (including phenoxy) is 1. The summed E-state index contributed by atoms with van der Waals surface area (Å²) in [5, 5.41) is 0. The third kappa shape index (κ3) is 4.70. The maximum atomic E-state index is 12.8. The fourth-order valence-corrected chi connectivity index (χ4v) is 2.94. The van der Waals surface area contributed by atoms with Crippen LogP contribution in [-0.4, -0.2) is 37.4 Å². The van der Waals surface area contributed by atoms with Crippen molar-refractivity contribution in [3.8, 4) is 0 Å². The molecular formula is C17H22BrNO3. The molecule has 4 nitrogen and oxygen atoms in total. The zero-order chi connectivity index (χ0) is 16.8. The number of Topliss-reactive ketones (excluding diaryl/α,β-unsaturated/α-hetero) is 1. The van der Waals surface area contributed by atoms with Crippen LogP contribution in [0, 0.1) is 5.41 Å². The summed E-state index contributed by atoms with van der Waals surface area (Å²) in [6.45, 7) is 3.60. The number of halogens is 1. The average Bonchev–Trinajstić information content (AvgIpc) is 2.46. The highest BCUT2D eigenvalue weighted by atomic mass is 79.9. The first-order chi connectivity index (χ1) is 10.3. The molecule has 1 rings (SSSR count). The molecule has 5 heteroatoms. The Balaban J connectivity index is 3.16. The molecule has 0 spiro atoms. The molecule has 0 N–H and O–H groups in total. The monoisotopic (exact) mass is 367 g/mol. The number of benzene rings is 1. The van der Waals surface area contributed by atoms with E-state index in [1.165, 1.54) is 0 Å². The van der Waals surface area contributed by atoms with E-state index in [2.05, 4.69) is 15.9 Å². The van der Waals surface area contributed by atoms with E-state index in [0.29, 0.717) is 10.9 Å². The number of hydrogen-bond acceptors (Lipinski definition) is 4. The molecule has 0 heterocycles.